The third-order valence-corrected chi connectivity index (χ3v) is 1.25. The maximum Gasteiger partial charge on any atom is 0.0558 e. The summed E-state index contributed by atoms with van der Waals surface area (Å²) < 4.78 is 0. The van der Waals surface area contributed by atoms with Crippen LogP contribution in [0.4, 0.5) is 0 Å². The summed E-state index contributed by atoms with van der Waals surface area (Å²) in [5.41, 5.74) is 0. The van der Waals surface area contributed by atoms with E-state index in [1.54, 1.807) is 4.90 Å². The Morgan fingerprint density at radius 2 is 1.00 bits per heavy atom. The van der Waals surface area contributed by atoms with Crippen molar-refractivity contribution < 1.29 is 15.3 Å². The van der Waals surface area contributed by atoms with Crippen LogP contribution in [0, 0.1) is 0 Å². The maximum atomic E-state index is 8.48. The minimum atomic E-state index is 0. The molecule has 0 saturated carbocycles. The first-order valence-electron chi connectivity index (χ1n) is 3.40. The van der Waals surface area contributed by atoms with Gasteiger partial charge in [-0.15, -0.1) is 0 Å². The van der Waals surface area contributed by atoms with Gasteiger partial charge >= 0.3 is 0 Å². The van der Waals surface area contributed by atoms with Crippen molar-refractivity contribution >= 4 is 26.2 Å². The van der Waals surface area contributed by atoms with Crippen LogP contribution in [0.1, 0.15) is 0 Å². The van der Waals surface area contributed by atoms with Crippen LogP contribution in [-0.4, -0.2) is 85.9 Å². The van der Waals surface area contributed by atoms with Gasteiger partial charge in [-0.05, 0) is 0 Å². The molecule has 0 aliphatic carbocycles. The summed E-state index contributed by atoms with van der Waals surface area (Å²) in [4.78, 5) is 1.79. The molecule has 0 unspecified atom stereocenters. The Balaban J connectivity index is 0. The second-order valence-corrected chi connectivity index (χ2v) is 2.01. The summed E-state index contributed by atoms with van der Waals surface area (Å²) in [5, 5.41) is 25.5. The molecule has 0 rings (SSSR count). The largest absolute Gasteiger partial charge is 0.395 e. The Morgan fingerprint density at radius 1 is 0.727 bits per heavy atom. The van der Waals surface area contributed by atoms with Crippen LogP contribution in [-0.2, 0) is 0 Å². The molecule has 5 heteroatoms. The average Bonchev–Trinajstić information content (AvgIpc) is 1.90. The minimum Gasteiger partial charge on any atom is -0.395 e. The predicted octanol–water partition coefficient (Wildman–Crippen LogP) is -2.12. The Kier molecular flexibility index (Phi) is 13.9. The van der Waals surface area contributed by atoms with Crippen LogP contribution in [0.25, 0.3) is 0 Å². The molecule has 0 saturated heterocycles. The van der Waals surface area contributed by atoms with Crippen molar-refractivity contribution in [3.8, 4) is 0 Å². The van der Waals surface area contributed by atoms with Crippen molar-refractivity contribution in [1.82, 2.24) is 4.90 Å². The molecule has 0 aromatic rings. The molecule has 67 valence electrons. The summed E-state index contributed by atoms with van der Waals surface area (Å²) in [7, 11) is 0. The molecule has 0 spiro atoms. The standard InChI is InChI=1S/C6H15NO3.Bi/c8-4-1-7(2-5-9)3-6-10;/h8-10H,1-6H2;. The van der Waals surface area contributed by atoms with Crippen LogP contribution in [0.5, 0.6) is 0 Å². The molecule has 0 aliphatic heterocycles. The van der Waals surface area contributed by atoms with E-state index in [1.165, 1.54) is 0 Å². The van der Waals surface area contributed by atoms with Crippen molar-refractivity contribution in [3.05, 3.63) is 0 Å². The quantitative estimate of drug-likeness (QED) is 0.476. The van der Waals surface area contributed by atoms with Gasteiger partial charge in [-0.2, -0.15) is 0 Å². The molecule has 0 aromatic heterocycles. The summed E-state index contributed by atoms with van der Waals surface area (Å²) in [6.45, 7) is 1.75. The van der Waals surface area contributed by atoms with Gasteiger partial charge in [0.25, 0.3) is 0 Å². The number of hydrogen-bond acceptors (Lipinski definition) is 4. The third kappa shape index (κ3) is 8.63. The molecular weight excluding hydrogens is 343 g/mol. The number of aliphatic hydroxyl groups is 3. The normalized spacial score (nSPS) is 9.82. The second kappa shape index (κ2) is 10.7. The first kappa shape index (κ1) is 14.3. The summed E-state index contributed by atoms with van der Waals surface area (Å²) in [6.07, 6.45) is 0. The van der Waals surface area contributed by atoms with Crippen molar-refractivity contribution in [3.63, 3.8) is 0 Å². The third-order valence-electron chi connectivity index (χ3n) is 1.25. The van der Waals surface area contributed by atoms with E-state index in [9.17, 15) is 0 Å². The van der Waals surface area contributed by atoms with Crippen molar-refractivity contribution in [2.75, 3.05) is 39.5 Å². The monoisotopic (exact) mass is 358 g/mol. The van der Waals surface area contributed by atoms with E-state index in [4.69, 9.17) is 15.3 Å². The van der Waals surface area contributed by atoms with Gasteiger partial charge in [-0.25, -0.2) is 0 Å². The topological polar surface area (TPSA) is 63.9 Å². The Labute approximate surface area is 86.0 Å². The van der Waals surface area contributed by atoms with Gasteiger partial charge in [0.1, 0.15) is 0 Å². The van der Waals surface area contributed by atoms with Crippen LogP contribution in [0.15, 0.2) is 0 Å². The minimum absolute atomic E-state index is 0. The zero-order valence-corrected chi connectivity index (χ0v) is 9.96. The zero-order chi connectivity index (χ0) is 7.82. The van der Waals surface area contributed by atoms with Crippen LogP contribution >= 0.6 is 0 Å². The van der Waals surface area contributed by atoms with Gasteiger partial charge in [0.2, 0.25) is 0 Å². The molecule has 0 heterocycles. The summed E-state index contributed by atoms with van der Waals surface area (Å²) in [5.74, 6) is 0. The van der Waals surface area contributed by atoms with E-state index in [0.717, 1.165) is 0 Å². The van der Waals surface area contributed by atoms with E-state index >= 15 is 0 Å². The predicted molar refractivity (Wildman–Crippen MR) is 43.5 cm³/mol. The number of nitrogens with zero attached hydrogens (tertiary/aromatic N) is 1. The molecule has 0 aromatic carbocycles. The molecule has 4 nitrogen and oxygen atoms in total. The van der Waals surface area contributed by atoms with E-state index < -0.39 is 0 Å². The fourth-order valence-electron chi connectivity index (χ4n) is 0.760. The van der Waals surface area contributed by atoms with E-state index in [0.29, 0.717) is 19.6 Å². The number of hydrogen-bond donors (Lipinski definition) is 3. The van der Waals surface area contributed by atoms with Gasteiger partial charge < -0.3 is 15.3 Å². The summed E-state index contributed by atoms with van der Waals surface area (Å²) in [6, 6.07) is 0. The second-order valence-electron chi connectivity index (χ2n) is 2.01. The summed E-state index contributed by atoms with van der Waals surface area (Å²) >= 11 is 0. The molecule has 0 fully saturated rings. The fourth-order valence-corrected chi connectivity index (χ4v) is 0.760. The van der Waals surface area contributed by atoms with Crippen molar-refractivity contribution in [2.24, 2.45) is 0 Å². The smallest absolute Gasteiger partial charge is 0.0558 e. The van der Waals surface area contributed by atoms with Gasteiger partial charge in [0.15, 0.2) is 0 Å². The molecular formula is C6H15BiNO3. The van der Waals surface area contributed by atoms with Crippen molar-refractivity contribution in [1.29, 1.82) is 0 Å². The van der Waals surface area contributed by atoms with Crippen LogP contribution < -0.4 is 0 Å². The molecule has 0 aliphatic rings. The van der Waals surface area contributed by atoms with E-state index in [1.807, 2.05) is 0 Å². The van der Waals surface area contributed by atoms with E-state index in [-0.39, 0.29) is 46.0 Å². The molecule has 3 N–H and O–H groups in total. The van der Waals surface area contributed by atoms with Crippen LogP contribution in [0.2, 0.25) is 0 Å². The molecule has 0 atom stereocenters. The first-order chi connectivity index (χ1) is 4.85. The zero-order valence-electron chi connectivity index (χ0n) is 6.48. The molecule has 0 amide bonds. The average molecular weight is 358 g/mol. The number of aliphatic hydroxyl groups excluding tert-OH is 3. The Bertz CT molecular complexity index is 60.6. The maximum absolute atomic E-state index is 8.48. The van der Waals surface area contributed by atoms with Crippen molar-refractivity contribution in [2.45, 2.75) is 0 Å². The van der Waals surface area contributed by atoms with Gasteiger partial charge in [0.05, 0.1) is 19.8 Å². The Hall–Kier alpha value is 0.723. The van der Waals surface area contributed by atoms with Gasteiger partial charge in [-0.3, -0.25) is 4.90 Å². The fraction of sp³-hybridized carbons (Fsp3) is 1.00. The SMILES string of the molecule is OCCN(CCO)CCO.[Bi]. The first-order valence-corrected chi connectivity index (χ1v) is 3.40. The van der Waals surface area contributed by atoms with Crippen LogP contribution in [0.3, 0.4) is 0 Å². The van der Waals surface area contributed by atoms with Gasteiger partial charge in [0, 0.05) is 45.8 Å². The molecule has 3 radical (unpaired) electrons. The Morgan fingerprint density at radius 3 is 1.18 bits per heavy atom. The number of rotatable bonds is 6. The van der Waals surface area contributed by atoms with Gasteiger partial charge in [-0.1, -0.05) is 0 Å². The van der Waals surface area contributed by atoms with E-state index in [2.05, 4.69) is 0 Å². The molecule has 11 heavy (non-hydrogen) atoms. The molecule has 0 bridgehead atoms.